The van der Waals surface area contributed by atoms with Crippen molar-refractivity contribution in [2.24, 2.45) is 0 Å². The van der Waals surface area contributed by atoms with Crippen LogP contribution < -0.4 is 5.32 Å². The molecule has 1 aliphatic heterocycles. The van der Waals surface area contributed by atoms with Crippen LogP contribution in [-0.4, -0.2) is 12.3 Å². The zero-order valence-corrected chi connectivity index (χ0v) is 12.3. The highest BCUT2D eigenvalue weighted by atomic mass is 32.2. The summed E-state index contributed by atoms with van der Waals surface area (Å²) in [6.07, 6.45) is 0. The van der Waals surface area contributed by atoms with E-state index in [9.17, 15) is 0 Å². The number of hydrogen-bond acceptors (Lipinski definition) is 2. The minimum Gasteiger partial charge on any atom is -0.384 e. The molecule has 1 aliphatic rings. The first kappa shape index (κ1) is 12.6. The second-order valence-electron chi connectivity index (χ2n) is 5.25. The van der Waals surface area contributed by atoms with Crippen LogP contribution in [0.4, 0.5) is 5.69 Å². The van der Waals surface area contributed by atoms with E-state index in [2.05, 4.69) is 61.6 Å². The Hall–Kier alpha value is -1.41. The molecule has 1 atom stereocenters. The highest BCUT2D eigenvalue weighted by Crippen LogP contribution is 2.39. The normalized spacial score (nSPS) is 17.3. The Labute approximate surface area is 119 Å². The van der Waals surface area contributed by atoms with Crippen LogP contribution in [0, 0.1) is 13.8 Å². The van der Waals surface area contributed by atoms with E-state index in [-0.39, 0.29) is 0 Å². The quantitative estimate of drug-likeness (QED) is 0.873. The van der Waals surface area contributed by atoms with E-state index >= 15 is 0 Å². The first-order chi connectivity index (χ1) is 9.24. The van der Waals surface area contributed by atoms with Crippen molar-refractivity contribution in [3.63, 3.8) is 0 Å². The van der Waals surface area contributed by atoms with Gasteiger partial charge in [-0.2, -0.15) is 0 Å². The molecular formula is C17H19NS. The SMILES string of the molecule is Cc1ccc(NCC2CSc3ccccc32)c(C)c1. The summed E-state index contributed by atoms with van der Waals surface area (Å²) in [4.78, 5) is 1.45. The third-order valence-corrected chi connectivity index (χ3v) is 4.97. The maximum atomic E-state index is 3.61. The van der Waals surface area contributed by atoms with E-state index in [0.29, 0.717) is 5.92 Å². The van der Waals surface area contributed by atoms with Gasteiger partial charge in [-0.05, 0) is 37.1 Å². The summed E-state index contributed by atoms with van der Waals surface area (Å²) >= 11 is 1.98. The lowest BCUT2D eigenvalue weighted by Gasteiger charge is -2.15. The van der Waals surface area contributed by atoms with Crippen molar-refractivity contribution >= 4 is 17.4 Å². The van der Waals surface area contributed by atoms with Crippen LogP contribution >= 0.6 is 11.8 Å². The largest absolute Gasteiger partial charge is 0.384 e. The Morgan fingerprint density at radius 2 is 2.00 bits per heavy atom. The fourth-order valence-corrected chi connectivity index (χ4v) is 3.90. The summed E-state index contributed by atoms with van der Waals surface area (Å²) in [7, 11) is 0. The summed E-state index contributed by atoms with van der Waals surface area (Å²) < 4.78 is 0. The van der Waals surface area contributed by atoms with E-state index in [1.165, 1.54) is 33.0 Å². The molecule has 1 N–H and O–H groups in total. The number of hydrogen-bond donors (Lipinski definition) is 1. The molecule has 98 valence electrons. The number of aryl methyl sites for hydroxylation is 2. The number of benzene rings is 2. The number of rotatable bonds is 3. The minimum atomic E-state index is 0.627. The lowest BCUT2D eigenvalue weighted by atomic mass is 10.0. The Balaban J connectivity index is 1.71. The summed E-state index contributed by atoms with van der Waals surface area (Å²) in [5.74, 6) is 1.82. The smallest absolute Gasteiger partial charge is 0.0370 e. The van der Waals surface area contributed by atoms with Crippen molar-refractivity contribution in [2.75, 3.05) is 17.6 Å². The average molecular weight is 269 g/mol. The van der Waals surface area contributed by atoms with Gasteiger partial charge in [-0.25, -0.2) is 0 Å². The van der Waals surface area contributed by atoms with Crippen LogP contribution in [0.1, 0.15) is 22.6 Å². The van der Waals surface area contributed by atoms with Crippen molar-refractivity contribution in [1.29, 1.82) is 0 Å². The second kappa shape index (κ2) is 5.30. The average Bonchev–Trinajstić information content (AvgIpc) is 2.81. The van der Waals surface area contributed by atoms with Gasteiger partial charge in [0.15, 0.2) is 0 Å². The molecule has 0 saturated carbocycles. The molecule has 1 heterocycles. The number of anilines is 1. The zero-order valence-electron chi connectivity index (χ0n) is 11.4. The van der Waals surface area contributed by atoms with Crippen molar-refractivity contribution < 1.29 is 0 Å². The molecule has 0 radical (unpaired) electrons. The third kappa shape index (κ3) is 2.64. The fourth-order valence-electron chi connectivity index (χ4n) is 2.64. The van der Waals surface area contributed by atoms with Gasteiger partial charge in [0, 0.05) is 28.8 Å². The molecule has 19 heavy (non-hydrogen) atoms. The van der Waals surface area contributed by atoms with E-state index < -0.39 is 0 Å². The van der Waals surface area contributed by atoms with Gasteiger partial charge < -0.3 is 5.32 Å². The molecule has 0 saturated heterocycles. The van der Waals surface area contributed by atoms with Gasteiger partial charge in [-0.3, -0.25) is 0 Å². The molecule has 2 heteroatoms. The summed E-state index contributed by atoms with van der Waals surface area (Å²) in [5.41, 5.74) is 5.42. The fraction of sp³-hybridized carbons (Fsp3) is 0.294. The van der Waals surface area contributed by atoms with Gasteiger partial charge >= 0.3 is 0 Å². The van der Waals surface area contributed by atoms with Crippen LogP contribution in [0.5, 0.6) is 0 Å². The number of thioether (sulfide) groups is 1. The summed E-state index contributed by atoms with van der Waals surface area (Å²) in [5, 5.41) is 3.61. The highest BCUT2D eigenvalue weighted by molar-refractivity contribution is 7.99. The zero-order chi connectivity index (χ0) is 13.2. The van der Waals surface area contributed by atoms with Gasteiger partial charge in [-0.15, -0.1) is 11.8 Å². The van der Waals surface area contributed by atoms with E-state index in [1.54, 1.807) is 0 Å². The topological polar surface area (TPSA) is 12.0 Å². The summed E-state index contributed by atoms with van der Waals surface area (Å²) in [6.45, 7) is 5.33. The molecule has 0 fully saturated rings. The first-order valence-corrected chi connectivity index (χ1v) is 7.75. The molecule has 1 unspecified atom stereocenters. The summed E-state index contributed by atoms with van der Waals surface area (Å²) in [6, 6.07) is 15.4. The maximum Gasteiger partial charge on any atom is 0.0370 e. The monoisotopic (exact) mass is 269 g/mol. The number of nitrogens with one attached hydrogen (secondary N) is 1. The molecule has 3 rings (SSSR count). The molecule has 0 amide bonds. The van der Waals surface area contributed by atoms with Crippen molar-refractivity contribution in [3.05, 3.63) is 59.2 Å². The van der Waals surface area contributed by atoms with E-state index in [4.69, 9.17) is 0 Å². The van der Waals surface area contributed by atoms with Crippen LogP contribution in [-0.2, 0) is 0 Å². The van der Waals surface area contributed by atoms with Crippen molar-refractivity contribution in [2.45, 2.75) is 24.7 Å². The van der Waals surface area contributed by atoms with Crippen LogP contribution in [0.2, 0.25) is 0 Å². The molecule has 0 spiro atoms. The Morgan fingerprint density at radius 3 is 2.84 bits per heavy atom. The minimum absolute atomic E-state index is 0.627. The van der Waals surface area contributed by atoms with Gasteiger partial charge in [0.25, 0.3) is 0 Å². The lowest BCUT2D eigenvalue weighted by Crippen LogP contribution is -2.12. The lowest BCUT2D eigenvalue weighted by molar-refractivity contribution is 0.818. The molecule has 2 aromatic rings. The Bertz CT molecular complexity index is 592. The van der Waals surface area contributed by atoms with E-state index in [1.807, 2.05) is 11.8 Å². The van der Waals surface area contributed by atoms with Crippen LogP contribution in [0.3, 0.4) is 0 Å². The second-order valence-corrected chi connectivity index (χ2v) is 6.31. The standard InChI is InChI=1S/C17H19NS/c1-12-7-8-16(13(2)9-12)18-10-14-11-19-17-6-4-3-5-15(14)17/h3-9,14,18H,10-11H2,1-2H3. The van der Waals surface area contributed by atoms with Gasteiger partial charge in [-0.1, -0.05) is 35.9 Å². The predicted molar refractivity (Wildman–Crippen MR) is 84.3 cm³/mol. The third-order valence-electron chi connectivity index (χ3n) is 3.72. The molecule has 0 aliphatic carbocycles. The first-order valence-electron chi connectivity index (χ1n) is 6.77. The predicted octanol–water partition coefficient (Wildman–Crippen LogP) is 4.60. The Kier molecular flexibility index (Phi) is 3.52. The molecule has 2 aromatic carbocycles. The number of fused-ring (bicyclic) bond motifs is 1. The maximum absolute atomic E-state index is 3.61. The van der Waals surface area contributed by atoms with Gasteiger partial charge in [0.1, 0.15) is 0 Å². The highest BCUT2D eigenvalue weighted by Gasteiger charge is 2.22. The molecule has 1 nitrogen and oxygen atoms in total. The Morgan fingerprint density at radius 1 is 1.16 bits per heavy atom. The molecule has 0 aromatic heterocycles. The van der Waals surface area contributed by atoms with Crippen LogP contribution in [0.25, 0.3) is 0 Å². The molecule has 0 bridgehead atoms. The van der Waals surface area contributed by atoms with Gasteiger partial charge in [0.05, 0.1) is 0 Å². The van der Waals surface area contributed by atoms with Crippen molar-refractivity contribution in [3.8, 4) is 0 Å². The van der Waals surface area contributed by atoms with E-state index in [0.717, 1.165) is 6.54 Å². The van der Waals surface area contributed by atoms with Gasteiger partial charge in [0.2, 0.25) is 0 Å². The van der Waals surface area contributed by atoms with Crippen LogP contribution in [0.15, 0.2) is 47.4 Å². The molecular weight excluding hydrogens is 250 g/mol. The van der Waals surface area contributed by atoms with Crippen molar-refractivity contribution in [1.82, 2.24) is 0 Å².